The largest absolute Gasteiger partial charge is 0.303 e. The molecule has 0 atom stereocenters. The van der Waals surface area contributed by atoms with E-state index in [0.717, 1.165) is 0 Å². The Bertz CT molecular complexity index is 1060. The zero-order valence-electron chi connectivity index (χ0n) is 13.5. The first-order valence-electron chi connectivity index (χ1n) is 7.41. The molecular weight excluding hydrogens is 397 g/mol. The highest BCUT2D eigenvalue weighted by Crippen LogP contribution is 2.23. The van der Waals surface area contributed by atoms with Crippen LogP contribution in [0.15, 0.2) is 59.6 Å². The lowest BCUT2D eigenvalue weighted by atomic mass is 10.3. The fraction of sp³-hybridized carbons (Fsp3) is 0.0588. The highest BCUT2D eigenvalue weighted by atomic mass is 35.5. The van der Waals surface area contributed by atoms with Crippen LogP contribution in [0.4, 0.5) is 0 Å². The van der Waals surface area contributed by atoms with Crippen LogP contribution >= 0.6 is 23.2 Å². The van der Waals surface area contributed by atoms with Gasteiger partial charge in [-0.25, -0.2) is 18.1 Å². The van der Waals surface area contributed by atoms with Crippen LogP contribution in [0.5, 0.6) is 0 Å². The van der Waals surface area contributed by atoms with Gasteiger partial charge in [-0.05, 0) is 37.3 Å². The highest BCUT2D eigenvalue weighted by molar-refractivity contribution is 7.90. The molecule has 0 spiro atoms. The number of hydrogen-bond donors (Lipinski definition) is 1. The molecule has 2 aromatic carbocycles. The summed E-state index contributed by atoms with van der Waals surface area (Å²) in [4.78, 5) is 16.5. The predicted molar refractivity (Wildman–Crippen MR) is 99.4 cm³/mol. The van der Waals surface area contributed by atoms with E-state index >= 15 is 0 Å². The van der Waals surface area contributed by atoms with Crippen LogP contribution in [-0.4, -0.2) is 23.9 Å². The van der Waals surface area contributed by atoms with Crippen molar-refractivity contribution < 1.29 is 13.2 Å². The van der Waals surface area contributed by atoms with Crippen LogP contribution in [0.1, 0.15) is 16.3 Å². The Kier molecular flexibility index (Phi) is 5.04. The van der Waals surface area contributed by atoms with Gasteiger partial charge in [0.1, 0.15) is 11.5 Å². The van der Waals surface area contributed by atoms with Gasteiger partial charge >= 0.3 is 0 Å². The zero-order chi connectivity index (χ0) is 18.9. The number of halogens is 2. The topological polar surface area (TPSA) is 81.1 Å². The number of hydrogen-bond acceptors (Lipinski definition) is 4. The Labute approximate surface area is 160 Å². The van der Waals surface area contributed by atoms with E-state index in [1.165, 1.54) is 18.3 Å². The number of amides is 1. The smallest absolute Gasteiger partial charge is 0.285 e. The van der Waals surface area contributed by atoms with E-state index in [2.05, 4.69) is 4.98 Å². The second-order valence-corrected chi connectivity index (χ2v) is 7.97. The van der Waals surface area contributed by atoms with Crippen molar-refractivity contribution in [3.63, 3.8) is 0 Å². The third-order valence-corrected chi connectivity index (χ3v) is 5.30. The van der Waals surface area contributed by atoms with E-state index in [1.54, 1.807) is 47.9 Å². The van der Waals surface area contributed by atoms with Crippen molar-refractivity contribution in [2.45, 2.75) is 11.8 Å². The van der Waals surface area contributed by atoms with Crippen molar-refractivity contribution in [2.24, 2.45) is 0 Å². The number of nitrogens with one attached hydrogen (secondary N) is 1. The van der Waals surface area contributed by atoms with Gasteiger partial charge in [0.15, 0.2) is 0 Å². The number of sulfonamides is 1. The zero-order valence-corrected chi connectivity index (χ0v) is 15.8. The van der Waals surface area contributed by atoms with Crippen molar-refractivity contribution in [1.82, 2.24) is 14.3 Å². The van der Waals surface area contributed by atoms with Gasteiger partial charge < -0.3 is 4.57 Å². The molecule has 1 amide bonds. The number of benzene rings is 2. The lowest BCUT2D eigenvalue weighted by Gasteiger charge is -2.06. The molecular formula is C17H13Cl2N3O3S. The third kappa shape index (κ3) is 3.90. The van der Waals surface area contributed by atoms with Gasteiger partial charge in [0, 0.05) is 21.9 Å². The summed E-state index contributed by atoms with van der Waals surface area (Å²) in [6.07, 6.45) is 1.42. The minimum atomic E-state index is -3.98. The summed E-state index contributed by atoms with van der Waals surface area (Å²) in [7, 11) is -3.98. The number of rotatable bonds is 4. The molecule has 0 aliphatic carbocycles. The maximum Gasteiger partial charge on any atom is 0.285 e. The van der Waals surface area contributed by atoms with Gasteiger partial charge in [-0.1, -0.05) is 41.4 Å². The van der Waals surface area contributed by atoms with Gasteiger partial charge in [-0.3, -0.25) is 4.79 Å². The quantitative estimate of drug-likeness (QED) is 0.713. The molecule has 134 valence electrons. The number of carbonyl (C=O) groups is 1. The standard InChI is InChI=1S/C17H13Cl2N3O3S/c1-11-20-16(10-22(11)14-8-12(18)7-13(19)9-14)17(23)21-26(24,25)15-5-3-2-4-6-15/h2-10H,1H3,(H,21,23). The average molecular weight is 410 g/mol. The molecule has 0 unspecified atom stereocenters. The van der Waals surface area contributed by atoms with Crippen molar-refractivity contribution in [2.75, 3.05) is 0 Å². The maximum atomic E-state index is 12.3. The Balaban J connectivity index is 1.90. The number of aryl methyl sites for hydroxylation is 1. The molecule has 26 heavy (non-hydrogen) atoms. The molecule has 6 nitrogen and oxygen atoms in total. The molecule has 1 heterocycles. The first-order chi connectivity index (χ1) is 12.3. The minimum Gasteiger partial charge on any atom is -0.303 e. The normalized spacial score (nSPS) is 11.3. The van der Waals surface area contributed by atoms with Crippen molar-refractivity contribution >= 4 is 39.1 Å². The van der Waals surface area contributed by atoms with Gasteiger partial charge in [0.25, 0.3) is 15.9 Å². The Morgan fingerprint density at radius 1 is 1.08 bits per heavy atom. The first-order valence-corrected chi connectivity index (χ1v) is 9.65. The minimum absolute atomic E-state index is 0.00822. The van der Waals surface area contributed by atoms with Crippen LogP contribution in [0.25, 0.3) is 5.69 Å². The number of nitrogens with zero attached hydrogens (tertiary/aromatic N) is 2. The number of carbonyl (C=O) groups excluding carboxylic acids is 1. The van der Waals surface area contributed by atoms with Gasteiger partial charge in [-0.2, -0.15) is 0 Å². The summed E-state index contributed by atoms with van der Waals surface area (Å²) in [5.74, 6) is -0.352. The van der Waals surface area contributed by atoms with Crippen LogP contribution in [0.2, 0.25) is 10.0 Å². The molecule has 1 aromatic heterocycles. The van der Waals surface area contributed by atoms with E-state index < -0.39 is 15.9 Å². The second kappa shape index (κ2) is 7.11. The van der Waals surface area contributed by atoms with Crippen molar-refractivity contribution in [3.05, 3.63) is 76.3 Å². The highest BCUT2D eigenvalue weighted by Gasteiger charge is 2.21. The maximum absolute atomic E-state index is 12.3. The van der Waals surface area contributed by atoms with Gasteiger partial charge in [0.2, 0.25) is 0 Å². The number of imidazole rings is 1. The Morgan fingerprint density at radius 2 is 1.69 bits per heavy atom. The van der Waals surface area contributed by atoms with Crippen LogP contribution < -0.4 is 4.72 Å². The van der Waals surface area contributed by atoms with E-state index in [4.69, 9.17) is 23.2 Å². The van der Waals surface area contributed by atoms with Gasteiger partial charge in [-0.15, -0.1) is 0 Å². The van der Waals surface area contributed by atoms with Crippen LogP contribution in [-0.2, 0) is 10.0 Å². The summed E-state index contributed by atoms with van der Waals surface area (Å²) in [5, 5.41) is 0.858. The fourth-order valence-corrected chi connectivity index (χ4v) is 3.85. The van der Waals surface area contributed by atoms with Gasteiger partial charge in [0.05, 0.1) is 4.90 Å². The molecule has 0 radical (unpaired) electrons. The molecule has 3 aromatic rings. The second-order valence-electron chi connectivity index (χ2n) is 5.42. The Hall–Kier alpha value is -2.35. The van der Waals surface area contributed by atoms with Crippen molar-refractivity contribution in [3.8, 4) is 5.69 Å². The molecule has 0 aliphatic rings. The average Bonchev–Trinajstić information content (AvgIpc) is 2.96. The van der Waals surface area contributed by atoms with Crippen molar-refractivity contribution in [1.29, 1.82) is 0 Å². The summed E-state index contributed by atoms with van der Waals surface area (Å²) in [5.41, 5.74) is 0.565. The van der Waals surface area contributed by atoms with E-state index in [0.29, 0.717) is 21.6 Å². The summed E-state index contributed by atoms with van der Waals surface area (Å²) >= 11 is 12.0. The van der Waals surface area contributed by atoms with E-state index in [1.807, 2.05) is 4.72 Å². The predicted octanol–water partition coefficient (Wildman–Crippen LogP) is 3.61. The molecule has 3 rings (SSSR count). The molecule has 0 bridgehead atoms. The van der Waals surface area contributed by atoms with Crippen LogP contribution in [0.3, 0.4) is 0 Å². The molecule has 0 saturated carbocycles. The van der Waals surface area contributed by atoms with Crippen LogP contribution in [0, 0.1) is 6.92 Å². The summed E-state index contributed by atoms with van der Waals surface area (Å²) < 4.78 is 28.1. The monoisotopic (exact) mass is 409 g/mol. The molecule has 0 aliphatic heterocycles. The summed E-state index contributed by atoms with van der Waals surface area (Å²) in [6.45, 7) is 1.68. The lowest BCUT2D eigenvalue weighted by Crippen LogP contribution is -2.30. The van der Waals surface area contributed by atoms with E-state index in [9.17, 15) is 13.2 Å². The molecule has 1 N–H and O–H groups in total. The lowest BCUT2D eigenvalue weighted by molar-refractivity contribution is 0.0977. The van der Waals surface area contributed by atoms with E-state index in [-0.39, 0.29) is 10.6 Å². The SMILES string of the molecule is Cc1nc(C(=O)NS(=O)(=O)c2ccccc2)cn1-c1cc(Cl)cc(Cl)c1. The fourth-order valence-electron chi connectivity index (χ4n) is 2.35. The molecule has 9 heteroatoms. The summed E-state index contributed by atoms with van der Waals surface area (Å²) in [6, 6.07) is 12.5. The first kappa shape index (κ1) is 18.4. The molecule has 0 fully saturated rings. The number of aromatic nitrogens is 2. The third-order valence-electron chi connectivity index (χ3n) is 3.52. The molecule has 0 saturated heterocycles. The Morgan fingerprint density at radius 3 is 2.31 bits per heavy atom.